The molecule has 2 aliphatic rings. The van der Waals surface area contributed by atoms with Crippen LogP contribution >= 0.6 is 0 Å². The van der Waals surface area contributed by atoms with Crippen LogP contribution in [0.25, 0.3) is 0 Å². The topological polar surface area (TPSA) is 24.1 Å². The van der Waals surface area contributed by atoms with Crippen LogP contribution in [0.15, 0.2) is 24.3 Å². The first-order valence-electron chi connectivity index (χ1n) is 8.80. The summed E-state index contributed by atoms with van der Waals surface area (Å²) in [5.74, 6) is 0.830. The highest BCUT2D eigenvalue weighted by Crippen LogP contribution is 2.33. The number of piperidine rings is 1. The molecule has 4 atom stereocenters. The van der Waals surface area contributed by atoms with Crippen molar-refractivity contribution in [3.05, 3.63) is 35.4 Å². The van der Waals surface area contributed by atoms with E-state index in [0.29, 0.717) is 12.1 Å². The van der Waals surface area contributed by atoms with Crippen molar-refractivity contribution in [2.45, 2.75) is 70.5 Å². The summed E-state index contributed by atoms with van der Waals surface area (Å²) in [6.07, 6.45) is 8.28. The molecule has 3 rings (SSSR count). The fourth-order valence-electron chi connectivity index (χ4n) is 4.41. The maximum Gasteiger partial charge on any atom is 0.0297 e. The molecule has 1 aromatic rings. The van der Waals surface area contributed by atoms with Crippen molar-refractivity contribution < 1.29 is 0 Å². The molecule has 1 saturated carbocycles. The molecule has 1 aliphatic carbocycles. The maximum atomic E-state index is 3.94. The highest BCUT2D eigenvalue weighted by atomic mass is 15.0. The molecule has 0 radical (unpaired) electrons. The summed E-state index contributed by atoms with van der Waals surface area (Å²) in [5.41, 5.74) is 2.86. The Labute approximate surface area is 129 Å². The van der Waals surface area contributed by atoms with Gasteiger partial charge in [0.25, 0.3) is 0 Å². The van der Waals surface area contributed by atoms with E-state index >= 15 is 0 Å². The van der Waals surface area contributed by atoms with Gasteiger partial charge in [0.1, 0.15) is 0 Å². The minimum absolute atomic E-state index is 0.459. The van der Waals surface area contributed by atoms with Gasteiger partial charge in [-0.2, -0.15) is 0 Å². The Hall–Kier alpha value is -0.860. The van der Waals surface area contributed by atoms with Gasteiger partial charge in [0.05, 0.1) is 0 Å². The molecule has 2 fully saturated rings. The Balaban J connectivity index is 1.64. The third kappa shape index (κ3) is 3.49. The second-order valence-electron chi connectivity index (χ2n) is 7.00. The van der Waals surface area contributed by atoms with Crippen LogP contribution in [0.1, 0.15) is 62.6 Å². The minimum atomic E-state index is 0.459. The molecule has 1 heterocycles. The van der Waals surface area contributed by atoms with Gasteiger partial charge in [0, 0.05) is 18.1 Å². The van der Waals surface area contributed by atoms with Crippen LogP contribution in [-0.2, 0) is 0 Å². The van der Waals surface area contributed by atoms with Gasteiger partial charge >= 0.3 is 0 Å². The number of hydrogen-bond acceptors (Lipinski definition) is 2. The molecule has 116 valence electrons. The lowest BCUT2D eigenvalue weighted by Crippen LogP contribution is -2.47. The van der Waals surface area contributed by atoms with Crippen molar-refractivity contribution in [1.29, 1.82) is 0 Å². The van der Waals surface area contributed by atoms with E-state index in [2.05, 4.69) is 48.7 Å². The third-order valence-electron chi connectivity index (χ3n) is 5.55. The number of aryl methyl sites for hydroxylation is 1. The molecule has 0 bridgehead atoms. The molecular weight excluding hydrogens is 256 g/mol. The summed E-state index contributed by atoms with van der Waals surface area (Å²) in [6.45, 7) is 5.77. The Kier molecular flexibility index (Phi) is 4.97. The smallest absolute Gasteiger partial charge is 0.0297 e. The second-order valence-corrected chi connectivity index (χ2v) is 7.00. The molecular formula is C19H30N2. The van der Waals surface area contributed by atoms with E-state index in [1.165, 1.54) is 56.2 Å². The van der Waals surface area contributed by atoms with Crippen molar-refractivity contribution in [2.24, 2.45) is 5.92 Å². The van der Waals surface area contributed by atoms with Crippen LogP contribution in [0.2, 0.25) is 0 Å². The fourth-order valence-corrected chi connectivity index (χ4v) is 4.41. The van der Waals surface area contributed by atoms with Gasteiger partial charge in [-0.25, -0.2) is 0 Å². The van der Waals surface area contributed by atoms with Gasteiger partial charge in [-0.1, -0.05) is 37.1 Å². The minimum Gasteiger partial charge on any atom is -0.314 e. The molecule has 3 unspecified atom stereocenters. The molecule has 0 spiro atoms. The van der Waals surface area contributed by atoms with E-state index in [4.69, 9.17) is 0 Å². The molecule has 1 saturated heterocycles. The van der Waals surface area contributed by atoms with Crippen LogP contribution in [0.4, 0.5) is 0 Å². The van der Waals surface area contributed by atoms with Gasteiger partial charge in [-0.05, 0) is 63.1 Å². The molecule has 2 heteroatoms. The van der Waals surface area contributed by atoms with Crippen LogP contribution in [-0.4, -0.2) is 18.6 Å². The Morgan fingerprint density at radius 2 is 1.95 bits per heavy atom. The van der Waals surface area contributed by atoms with Crippen LogP contribution in [0.3, 0.4) is 0 Å². The Morgan fingerprint density at radius 3 is 2.71 bits per heavy atom. The largest absolute Gasteiger partial charge is 0.314 e. The van der Waals surface area contributed by atoms with Crippen LogP contribution < -0.4 is 10.6 Å². The average molecular weight is 286 g/mol. The fraction of sp³-hybridized carbons (Fsp3) is 0.684. The second kappa shape index (κ2) is 6.93. The SMILES string of the molecule is Cc1ccccc1[C@H](C)NC1CCCC1C1CCCCN1. The van der Waals surface area contributed by atoms with Gasteiger partial charge in [-0.15, -0.1) is 0 Å². The molecule has 2 nitrogen and oxygen atoms in total. The van der Waals surface area contributed by atoms with Crippen LogP contribution in [0.5, 0.6) is 0 Å². The summed E-state index contributed by atoms with van der Waals surface area (Å²) in [7, 11) is 0. The lowest BCUT2D eigenvalue weighted by molar-refractivity contribution is 0.248. The van der Waals surface area contributed by atoms with E-state index < -0.39 is 0 Å². The van der Waals surface area contributed by atoms with Crippen LogP contribution in [0, 0.1) is 12.8 Å². The molecule has 21 heavy (non-hydrogen) atoms. The molecule has 2 N–H and O–H groups in total. The first kappa shape index (κ1) is 15.1. The van der Waals surface area contributed by atoms with E-state index in [0.717, 1.165) is 12.0 Å². The predicted octanol–water partition coefficient (Wildman–Crippen LogP) is 3.96. The Bertz CT molecular complexity index is 451. The monoisotopic (exact) mass is 286 g/mol. The molecule has 1 aliphatic heterocycles. The first-order chi connectivity index (χ1) is 10.3. The van der Waals surface area contributed by atoms with Gasteiger partial charge in [-0.3, -0.25) is 0 Å². The van der Waals surface area contributed by atoms with E-state index in [9.17, 15) is 0 Å². The van der Waals surface area contributed by atoms with Gasteiger partial charge < -0.3 is 10.6 Å². The molecule has 0 aromatic heterocycles. The van der Waals surface area contributed by atoms with Gasteiger partial charge in [0.15, 0.2) is 0 Å². The zero-order valence-corrected chi connectivity index (χ0v) is 13.6. The summed E-state index contributed by atoms with van der Waals surface area (Å²) in [4.78, 5) is 0. The van der Waals surface area contributed by atoms with E-state index in [1.807, 2.05) is 0 Å². The zero-order chi connectivity index (χ0) is 14.7. The number of benzene rings is 1. The normalized spacial score (nSPS) is 31.2. The van der Waals surface area contributed by atoms with Crippen molar-refractivity contribution in [1.82, 2.24) is 10.6 Å². The average Bonchev–Trinajstić information content (AvgIpc) is 2.96. The summed E-state index contributed by atoms with van der Waals surface area (Å²) in [6, 6.07) is 10.7. The zero-order valence-electron chi connectivity index (χ0n) is 13.6. The highest BCUT2D eigenvalue weighted by molar-refractivity contribution is 5.28. The molecule has 1 aromatic carbocycles. The number of rotatable bonds is 4. The van der Waals surface area contributed by atoms with Gasteiger partial charge in [0.2, 0.25) is 0 Å². The highest BCUT2D eigenvalue weighted by Gasteiger charge is 2.34. The van der Waals surface area contributed by atoms with Crippen molar-refractivity contribution in [2.75, 3.05) is 6.54 Å². The first-order valence-corrected chi connectivity index (χ1v) is 8.80. The summed E-state index contributed by atoms with van der Waals surface area (Å²) in [5, 5.41) is 7.72. The Morgan fingerprint density at radius 1 is 1.10 bits per heavy atom. The van der Waals surface area contributed by atoms with E-state index in [-0.39, 0.29) is 0 Å². The summed E-state index contributed by atoms with van der Waals surface area (Å²) >= 11 is 0. The quantitative estimate of drug-likeness (QED) is 0.875. The van der Waals surface area contributed by atoms with E-state index in [1.54, 1.807) is 0 Å². The third-order valence-corrected chi connectivity index (χ3v) is 5.55. The number of hydrogen-bond donors (Lipinski definition) is 2. The lowest BCUT2D eigenvalue weighted by Gasteiger charge is -2.34. The van der Waals surface area contributed by atoms with Crippen molar-refractivity contribution in [3.63, 3.8) is 0 Å². The lowest BCUT2D eigenvalue weighted by atomic mass is 9.87. The van der Waals surface area contributed by atoms with Crippen molar-refractivity contribution in [3.8, 4) is 0 Å². The van der Waals surface area contributed by atoms with Crippen molar-refractivity contribution >= 4 is 0 Å². The maximum absolute atomic E-state index is 3.94. The predicted molar refractivity (Wildman–Crippen MR) is 89.5 cm³/mol. The summed E-state index contributed by atoms with van der Waals surface area (Å²) < 4.78 is 0. The number of nitrogens with one attached hydrogen (secondary N) is 2. The standard InChI is InChI=1S/C19H30N2/c1-14-8-3-4-9-16(14)15(2)21-19-12-7-10-17(19)18-11-5-6-13-20-18/h3-4,8-9,15,17-21H,5-7,10-13H2,1-2H3/t15-,17?,18?,19?/m0/s1. The molecule has 0 amide bonds.